The van der Waals surface area contributed by atoms with Gasteiger partial charge in [-0.2, -0.15) is 9.61 Å². The highest BCUT2D eigenvalue weighted by Gasteiger charge is 2.38. The number of carbonyl (C=O) groups excluding carboxylic acids is 1. The molecule has 0 unspecified atom stereocenters. The lowest BCUT2D eigenvalue weighted by Crippen LogP contribution is -2.47. The van der Waals surface area contributed by atoms with Gasteiger partial charge in [-0.15, -0.1) is 0 Å². The topological polar surface area (TPSA) is 119 Å². The van der Waals surface area contributed by atoms with Crippen molar-refractivity contribution >= 4 is 28.4 Å². The lowest BCUT2D eigenvalue weighted by molar-refractivity contribution is 0.0368. The van der Waals surface area contributed by atoms with E-state index in [-0.39, 0.29) is 11.9 Å². The molecule has 1 aliphatic heterocycles. The van der Waals surface area contributed by atoms with Crippen LogP contribution in [0.1, 0.15) is 55.4 Å². The van der Waals surface area contributed by atoms with E-state index >= 15 is 0 Å². The Labute approximate surface area is 208 Å². The highest BCUT2D eigenvalue weighted by Crippen LogP contribution is 2.35. The predicted octanol–water partition coefficient (Wildman–Crippen LogP) is 3.17. The van der Waals surface area contributed by atoms with Crippen molar-refractivity contribution in [1.29, 1.82) is 0 Å². The fourth-order valence-corrected chi connectivity index (χ4v) is 5.58. The average Bonchev–Trinajstić information content (AvgIpc) is 3.59. The van der Waals surface area contributed by atoms with Crippen molar-refractivity contribution in [3.8, 4) is 11.3 Å². The lowest BCUT2D eigenvalue weighted by atomic mass is 10.0. The van der Waals surface area contributed by atoms with Crippen LogP contribution >= 0.6 is 0 Å². The Hall–Kier alpha value is -3.50. The van der Waals surface area contributed by atoms with Crippen LogP contribution in [0.5, 0.6) is 0 Å². The summed E-state index contributed by atoms with van der Waals surface area (Å²) < 4.78 is 9.45. The molecule has 2 fully saturated rings. The van der Waals surface area contributed by atoms with Gasteiger partial charge in [0.25, 0.3) is 5.91 Å². The van der Waals surface area contributed by atoms with Crippen molar-refractivity contribution < 1.29 is 14.6 Å². The molecule has 4 aromatic heterocycles. The lowest BCUT2D eigenvalue weighted by Gasteiger charge is -2.26. The maximum Gasteiger partial charge on any atom is 0.257 e. The number of hydrogen-bond acceptors (Lipinski definition) is 7. The smallest absolute Gasteiger partial charge is 0.257 e. The summed E-state index contributed by atoms with van der Waals surface area (Å²) in [6.45, 7) is 3.25. The van der Waals surface area contributed by atoms with Gasteiger partial charge >= 0.3 is 0 Å². The maximum absolute atomic E-state index is 13.3. The Bertz CT molecular complexity index is 1430. The van der Waals surface area contributed by atoms with Gasteiger partial charge in [0.05, 0.1) is 23.5 Å². The van der Waals surface area contributed by atoms with Crippen LogP contribution in [0.15, 0.2) is 36.8 Å². The third-order valence-corrected chi connectivity index (χ3v) is 7.65. The molecule has 1 amide bonds. The van der Waals surface area contributed by atoms with E-state index in [9.17, 15) is 9.90 Å². The Morgan fingerprint density at radius 3 is 2.83 bits per heavy atom. The molecule has 2 aliphatic rings. The van der Waals surface area contributed by atoms with Gasteiger partial charge in [0.15, 0.2) is 5.65 Å². The Balaban J connectivity index is 1.44. The minimum atomic E-state index is -0.910. The van der Waals surface area contributed by atoms with Crippen LogP contribution in [0.3, 0.4) is 0 Å². The van der Waals surface area contributed by atoms with E-state index in [0.717, 1.165) is 67.0 Å². The molecule has 6 rings (SSSR count). The second-order valence-electron chi connectivity index (χ2n) is 10.0. The Morgan fingerprint density at radius 1 is 1.25 bits per heavy atom. The monoisotopic (exact) mass is 489 g/mol. The molecule has 5 heterocycles. The summed E-state index contributed by atoms with van der Waals surface area (Å²) in [4.78, 5) is 22.9. The van der Waals surface area contributed by atoms with Crippen molar-refractivity contribution in [3.63, 3.8) is 0 Å². The van der Waals surface area contributed by atoms with Crippen molar-refractivity contribution in [1.82, 2.24) is 29.5 Å². The number of carbonyl (C=O) groups is 1. The average molecular weight is 490 g/mol. The van der Waals surface area contributed by atoms with Gasteiger partial charge in [-0.25, -0.2) is 9.97 Å². The largest absolute Gasteiger partial charge is 0.388 e. The number of fused-ring (bicyclic) bond motifs is 2. The molecule has 10 nitrogen and oxygen atoms in total. The molecule has 10 heteroatoms. The van der Waals surface area contributed by atoms with E-state index < -0.39 is 5.60 Å². The van der Waals surface area contributed by atoms with Crippen molar-refractivity contribution in [2.45, 2.75) is 56.7 Å². The summed E-state index contributed by atoms with van der Waals surface area (Å²) in [7, 11) is 1.82. The molecule has 0 bridgehead atoms. The molecule has 1 saturated heterocycles. The van der Waals surface area contributed by atoms with Crippen molar-refractivity contribution in [2.75, 3.05) is 25.6 Å². The zero-order valence-corrected chi connectivity index (χ0v) is 20.6. The molecule has 4 aromatic rings. The van der Waals surface area contributed by atoms with E-state index in [1.165, 1.54) is 0 Å². The molecule has 0 aromatic carbocycles. The van der Waals surface area contributed by atoms with Crippen LogP contribution in [-0.4, -0.2) is 67.1 Å². The van der Waals surface area contributed by atoms with Crippen LogP contribution in [0.4, 0.5) is 5.82 Å². The molecule has 2 atom stereocenters. The number of aromatic nitrogens is 5. The van der Waals surface area contributed by atoms with Crippen molar-refractivity contribution in [3.05, 3.63) is 42.4 Å². The second kappa shape index (κ2) is 8.86. The van der Waals surface area contributed by atoms with E-state index in [1.54, 1.807) is 17.6 Å². The normalized spacial score (nSPS) is 22.9. The molecular weight excluding hydrogens is 458 g/mol. The van der Waals surface area contributed by atoms with Crippen LogP contribution in [0.2, 0.25) is 0 Å². The number of nitrogens with one attached hydrogen (secondary N) is 2. The fraction of sp³-hybridized carbons (Fsp3) is 0.462. The summed E-state index contributed by atoms with van der Waals surface area (Å²) in [6, 6.07) is 5.95. The first-order valence-electron chi connectivity index (χ1n) is 12.6. The summed E-state index contributed by atoms with van der Waals surface area (Å²) in [6.07, 6.45) is 9.65. The molecule has 36 heavy (non-hydrogen) atoms. The highest BCUT2D eigenvalue weighted by molar-refractivity contribution is 6.01. The first kappa shape index (κ1) is 22.9. The number of aliphatic hydroxyl groups is 1. The standard InChI is InChI=1S/C26H31N7O3/c1-26(35)9-3-6-21(26)31-25(34)18-14-29-33-22(27-2)13-20(30-24(18)33)19-15-32(16-7-11-36-12-8-16)23-17(19)5-4-10-28-23/h4-5,10,13-16,21,27,35H,3,6-9,11-12H2,1-2H3,(H,31,34)/t21-,26-/m0/s1. The number of rotatable bonds is 5. The number of pyridine rings is 1. The number of hydrogen-bond donors (Lipinski definition) is 3. The highest BCUT2D eigenvalue weighted by atomic mass is 16.5. The van der Waals surface area contributed by atoms with E-state index in [1.807, 2.05) is 25.4 Å². The predicted molar refractivity (Wildman–Crippen MR) is 136 cm³/mol. The first-order chi connectivity index (χ1) is 17.5. The second-order valence-corrected chi connectivity index (χ2v) is 10.0. The fourth-order valence-electron chi connectivity index (χ4n) is 5.58. The zero-order valence-electron chi connectivity index (χ0n) is 20.6. The Kier molecular flexibility index (Phi) is 5.65. The summed E-state index contributed by atoms with van der Waals surface area (Å²) >= 11 is 0. The minimum absolute atomic E-state index is 0.282. The molecule has 188 valence electrons. The van der Waals surface area contributed by atoms with Gasteiger partial charge in [-0.1, -0.05) is 0 Å². The van der Waals surface area contributed by atoms with E-state index in [4.69, 9.17) is 9.72 Å². The molecule has 1 aliphatic carbocycles. The SMILES string of the molecule is CNc1cc(-c2cn(C3CCOCC3)c3ncccc23)nc2c(C(=O)N[C@H]3CCC[C@]3(C)O)cnn12. The van der Waals surface area contributed by atoms with Gasteiger partial charge in [0.2, 0.25) is 0 Å². The third kappa shape index (κ3) is 3.81. The number of anilines is 1. The molecule has 1 saturated carbocycles. The Morgan fingerprint density at radius 2 is 2.08 bits per heavy atom. The summed E-state index contributed by atoms with van der Waals surface area (Å²) in [5.74, 6) is 0.438. The van der Waals surface area contributed by atoms with E-state index in [2.05, 4.69) is 37.5 Å². The number of ether oxygens (including phenoxy) is 1. The number of amides is 1. The van der Waals surface area contributed by atoms with Gasteiger partial charge < -0.3 is 25.0 Å². The quantitative estimate of drug-likeness (QED) is 0.394. The molecule has 3 N–H and O–H groups in total. The minimum Gasteiger partial charge on any atom is -0.388 e. The van der Waals surface area contributed by atoms with Crippen LogP contribution in [0, 0.1) is 0 Å². The van der Waals surface area contributed by atoms with Crippen LogP contribution in [0.25, 0.3) is 27.9 Å². The summed E-state index contributed by atoms with van der Waals surface area (Å²) in [5, 5.41) is 22.3. The van der Waals surface area contributed by atoms with Gasteiger partial charge in [0.1, 0.15) is 17.0 Å². The van der Waals surface area contributed by atoms with Gasteiger partial charge in [-0.3, -0.25) is 4.79 Å². The van der Waals surface area contributed by atoms with Gasteiger partial charge in [0, 0.05) is 55.7 Å². The molecular formula is C26H31N7O3. The van der Waals surface area contributed by atoms with Crippen LogP contribution in [-0.2, 0) is 4.74 Å². The zero-order chi connectivity index (χ0) is 24.9. The maximum atomic E-state index is 13.3. The third-order valence-electron chi connectivity index (χ3n) is 7.65. The van der Waals surface area contributed by atoms with Gasteiger partial charge in [-0.05, 0) is 51.2 Å². The summed E-state index contributed by atoms with van der Waals surface area (Å²) in [5.41, 5.74) is 2.53. The first-order valence-corrected chi connectivity index (χ1v) is 12.6. The number of nitrogens with zero attached hydrogens (tertiary/aromatic N) is 5. The van der Waals surface area contributed by atoms with Crippen molar-refractivity contribution in [2.24, 2.45) is 0 Å². The molecule has 0 radical (unpaired) electrons. The van der Waals surface area contributed by atoms with E-state index in [0.29, 0.717) is 23.7 Å². The van der Waals surface area contributed by atoms with Crippen LogP contribution < -0.4 is 10.6 Å². The molecule has 0 spiro atoms.